The molecule has 1 aliphatic rings. The van der Waals surface area contributed by atoms with E-state index in [4.69, 9.17) is 4.74 Å². The number of ether oxygens (including phenoxy) is 1. The van der Waals surface area contributed by atoms with Gasteiger partial charge in [-0.05, 0) is 31.5 Å². The maximum absolute atomic E-state index is 5.36. The molecule has 3 heteroatoms. The molecule has 15 heavy (non-hydrogen) atoms. The van der Waals surface area contributed by atoms with E-state index in [-0.39, 0.29) is 0 Å². The minimum atomic E-state index is 0.513. The van der Waals surface area contributed by atoms with Crippen molar-refractivity contribution in [1.29, 1.82) is 0 Å². The van der Waals surface area contributed by atoms with Gasteiger partial charge in [0.2, 0.25) is 0 Å². The standard InChI is InChI=1S/C12H18N2O/c1-13-8-10-7-6-9-4-3-5-11(15-2)12(9)14-10/h3-5,10,13-14H,6-8H2,1-2H3. The number of hydrogen-bond acceptors (Lipinski definition) is 3. The molecule has 1 atom stereocenters. The van der Waals surface area contributed by atoms with E-state index in [1.807, 2.05) is 13.1 Å². The SMILES string of the molecule is CNCC1CCc2cccc(OC)c2N1. The van der Waals surface area contributed by atoms with Gasteiger partial charge in [-0.2, -0.15) is 0 Å². The molecule has 0 aromatic heterocycles. The van der Waals surface area contributed by atoms with Gasteiger partial charge in [0.15, 0.2) is 0 Å². The van der Waals surface area contributed by atoms with Crippen molar-refractivity contribution in [2.75, 3.05) is 26.0 Å². The minimum Gasteiger partial charge on any atom is -0.495 e. The first-order chi connectivity index (χ1) is 7.35. The van der Waals surface area contributed by atoms with Gasteiger partial charge < -0.3 is 15.4 Å². The third-order valence-corrected chi connectivity index (χ3v) is 2.89. The molecular formula is C12H18N2O. The van der Waals surface area contributed by atoms with Crippen LogP contribution in [0, 0.1) is 0 Å². The summed E-state index contributed by atoms with van der Waals surface area (Å²) in [7, 11) is 3.71. The summed E-state index contributed by atoms with van der Waals surface area (Å²) < 4.78 is 5.36. The molecule has 1 aliphatic heterocycles. The summed E-state index contributed by atoms with van der Waals surface area (Å²) in [5, 5.41) is 6.73. The van der Waals surface area contributed by atoms with Gasteiger partial charge in [0, 0.05) is 12.6 Å². The van der Waals surface area contributed by atoms with Crippen LogP contribution in [0.25, 0.3) is 0 Å². The van der Waals surface area contributed by atoms with Crippen LogP contribution in [0.5, 0.6) is 5.75 Å². The fourth-order valence-corrected chi connectivity index (χ4v) is 2.12. The van der Waals surface area contributed by atoms with Gasteiger partial charge in [0.25, 0.3) is 0 Å². The van der Waals surface area contributed by atoms with E-state index in [2.05, 4.69) is 22.8 Å². The topological polar surface area (TPSA) is 33.3 Å². The van der Waals surface area contributed by atoms with Crippen molar-refractivity contribution in [3.8, 4) is 5.75 Å². The molecule has 3 nitrogen and oxygen atoms in total. The number of hydrogen-bond donors (Lipinski definition) is 2. The van der Waals surface area contributed by atoms with Crippen molar-refractivity contribution in [2.45, 2.75) is 18.9 Å². The molecule has 1 heterocycles. The molecule has 2 rings (SSSR count). The van der Waals surface area contributed by atoms with E-state index >= 15 is 0 Å². The van der Waals surface area contributed by atoms with Crippen molar-refractivity contribution in [3.63, 3.8) is 0 Å². The second-order valence-electron chi connectivity index (χ2n) is 3.93. The Morgan fingerprint density at radius 3 is 3.13 bits per heavy atom. The molecule has 82 valence electrons. The van der Waals surface area contributed by atoms with Crippen LogP contribution in [-0.2, 0) is 6.42 Å². The first-order valence-corrected chi connectivity index (χ1v) is 5.42. The highest BCUT2D eigenvalue weighted by molar-refractivity contribution is 5.64. The highest BCUT2D eigenvalue weighted by Gasteiger charge is 2.19. The van der Waals surface area contributed by atoms with Crippen LogP contribution >= 0.6 is 0 Å². The summed E-state index contributed by atoms with van der Waals surface area (Å²) in [4.78, 5) is 0. The maximum atomic E-state index is 5.36. The van der Waals surface area contributed by atoms with E-state index in [9.17, 15) is 0 Å². The summed E-state index contributed by atoms with van der Waals surface area (Å²) >= 11 is 0. The largest absolute Gasteiger partial charge is 0.495 e. The molecule has 1 unspecified atom stereocenters. The Hall–Kier alpha value is -1.22. The normalized spacial score (nSPS) is 19.2. The van der Waals surface area contributed by atoms with Crippen LogP contribution in [-0.4, -0.2) is 26.7 Å². The Balaban J connectivity index is 2.22. The zero-order valence-electron chi connectivity index (χ0n) is 9.34. The van der Waals surface area contributed by atoms with Crippen LogP contribution in [0.2, 0.25) is 0 Å². The van der Waals surface area contributed by atoms with Crippen LogP contribution in [0.15, 0.2) is 18.2 Å². The second-order valence-corrected chi connectivity index (χ2v) is 3.93. The van der Waals surface area contributed by atoms with Crippen LogP contribution < -0.4 is 15.4 Å². The van der Waals surface area contributed by atoms with Gasteiger partial charge in [-0.25, -0.2) is 0 Å². The molecule has 0 aliphatic carbocycles. The predicted molar refractivity (Wildman–Crippen MR) is 62.7 cm³/mol. The van der Waals surface area contributed by atoms with E-state index in [1.165, 1.54) is 17.7 Å². The first kappa shape index (κ1) is 10.3. The number of anilines is 1. The summed E-state index contributed by atoms with van der Waals surface area (Å²) in [5.74, 6) is 0.952. The Morgan fingerprint density at radius 1 is 1.53 bits per heavy atom. The number of benzene rings is 1. The molecule has 0 radical (unpaired) electrons. The quantitative estimate of drug-likeness (QED) is 0.789. The lowest BCUT2D eigenvalue weighted by atomic mass is 9.97. The van der Waals surface area contributed by atoms with Gasteiger partial charge in [-0.1, -0.05) is 12.1 Å². The second kappa shape index (κ2) is 4.53. The van der Waals surface area contributed by atoms with Gasteiger partial charge in [0.05, 0.1) is 12.8 Å². The summed E-state index contributed by atoms with van der Waals surface area (Å²) in [6.45, 7) is 0.998. The number of nitrogens with one attached hydrogen (secondary N) is 2. The highest BCUT2D eigenvalue weighted by Crippen LogP contribution is 2.33. The predicted octanol–water partition coefficient (Wildman–Crippen LogP) is 1.64. The number of likely N-dealkylation sites (N-methyl/N-ethyl adjacent to an activating group) is 1. The Bertz CT molecular complexity index is 324. The number of methoxy groups -OCH3 is 1. The molecule has 1 aromatic rings. The van der Waals surface area contributed by atoms with Crippen molar-refractivity contribution in [2.24, 2.45) is 0 Å². The van der Waals surface area contributed by atoms with Gasteiger partial charge in [0.1, 0.15) is 5.75 Å². The first-order valence-electron chi connectivity index (χ1n) is 5.42. The Morgan fingerprint density at radius 2 is 2.40 bits per heavy atom. The monoisotopic (exact) mass is 206 g/mol. The smallest absolute Gasteiger partial charge is 0.142 e. The third-order valence-electron chi connectivity index (χ3n) is 2.89. The number of fused-ring (bicyclic) bond motifs is 1. The summed E-state index contributed by atoms with van der Waals surface area (Å²) in [6.07, 6.45) is 2.31. The van der Waals surface area contributed by atoms with Gasteiger partial charge in [-0.15, -0.1) is 0 Å². The molecule has 0 saturated carbocycles. The fourth-order valence-electron chi connectivity index (χ4n) is 2.12. The van der Waals surface area contributed by atoms with Crippen molar-refractivity contribution in [1.82, 2.24) is 5.32 Å². The zero-order chi connectivity index (χ0) is 10.7. The van der Waals surface area contributed by atoms with Crippen LogP contribution in [0.3, 0.4) is 0 Å². The summed E-state index contributed by atoms with van der Waals surface area (Å²) in [6, 6.07) is 6.74. The molecule has 0 bridgehead atoms. The number of aryl methyl sites for hydroxylation is 1. The maximum Gasteiger partial charge on any atom is 0.142 e. The van der Waals surface area contributed by atoms with E-state index < -0.39 is 0 Å². The molecular weight excluding hydrogens is 188 g/mol. The van der Waals surface area contributed by atoms with Gasteiger partial charge >= 0.3 is 0 Å². The Labute approximate surface area is 90.8 Å². The lowest BCUT2D eigenvalue weighted by Crippen LogP contribution is -2.34. The summed E-state index contributed by atoms with van der Waals surface area (Å²) in [5.41, 5.74) is 2.54. The molecule has 0 amide bonds. The molecule has 0 saturated heterocycles. The van der Waals surface area contributed by atoms with Crippen molar-refractivity contribution in [3.05, 3.63) is 23.8 Å². The fraction of sp³-hybridized carbons (Fsp3) is 0.500. The van der Waals surface area contributed by atoms with Crippen LogP contribution in [0.4, 0.5) is 5.69 Å². The molecule has 1 aromatic carbocycles. The van der Waals surface area contributed by atoms with E-state index in [0.717, 1.165) is 18.7 Å². The lowest BCUT2D eigenvalue weighted by Gasteiger charge is -2.28. The van der Waals surface area contributed by atoms with Gasteiger partial charge in [-0.3, -0.25) is 0 Å². The van der Waals surface area contributed by atoms with Crippen molar-refractivity contribution < 1.29 is 4.74 Å². The average Bonchev–Trinajstić information content (AvgIpc) is 2.28. The van der Waals surface area contributed by atoms with E-state index in [1.54, 1.807) is 7.11 Å². The lowest BCUT2D eigenvalue weighted by molar-refractivity contribution is 0.413. The highest BCUT2D eigenvalue weighted by atomic mass is 16.5. The zero-order valence-corrected chi connectivity index (χ0v) is 9.34. The number of para-hydroxylation sites is 1. The minimum absolute atomic E-state index is 0.513. The number of rotatable bonds is 3. The molecule has 2 N–H and O–H groups in total. The molecule has 0 fully saturated rings. The van der Waals surface area contributed by atoms with Crippen LogP contribution in [0.1, 0.15) is 12.0 Å². The molecule has 0 spiro atoms. The Kier molecular flexibility index (Phi) is 3.11. The third kappa shape index (κ3) is 2.07. The average molecular weight is 206 g/mol. The van der Waals surface area contributed by atoms with E-state index in [0.29, 0.717) is 6.04 Å². The van der Waals surface area contributed by atoms with Crippen molar-refractivity contribution >= 4 is 5.69 Å².